The molecule has 11 heteroatoms. The van der Waals surface area contributed by atoms with Crippen LogP contribution in [0.3, 0.4) is 0 Å². The van der Waals surface area contributed by atoms with Gasteiger partial charge in [0, 0.05) is 15.4 Å². The van der Waals surface area contributed by atoms with E-state index in [1.807, 2.05) is 13.8 Å². The van der Waals surface area contributed by atoms with Crippen LogP contribution in [0.5, 0.6) is 0 Å². The summed E-state index contributed by atoms with van der Waals surface area (Å²) in [6.45, 7) is 5.36. The summed E-state index contributed by atoms with van der Waals surface area (Å²) in [5.74, 6) is -0.486. The maximum Gasteiger partial charge on any atom is 1.00 e. The van der Waals surface area contributed by atoms with Crippen LogP contribution in [0.2, 0.25) is 5.02 Å². The van der Waals surface area contributed by atoms with E-state index in [4.69, 9.17) is 28.8 Å². The van der Waals surface area contributed by atoms with Gasteiger partial charge in [0.2, 0.25) is 5.91 Å². The molecule has 152 valence electrons. The summed E-state index contributed by atoms with van der Waals surface area (Å²) in [6, 6.07) is 5.56. The summed E-state index contributed by atoms with van der Waals surface area (Å²) < 4.78 is 4.71. The number of aromatic nitrogens is 1. The van der Waals surface area contributed by atoms with Gasteiger partial charge >= 0.3 is 51.4 Å². The Morgan fingerprint density at radius 1 is 1.33 bits per heavy atom. The standard InChI is InChI=1S/C19H18ClN3O4S2.K/c1-8-11(12(22-27-8)9-6-4-5-7-10(9)20)15(24)21-13-16(25)23-14(18(26)28)19(2,3)29-17(13)23;/h4-7,13-14,17H,1-3H3,(H,21,24)(H,26,28);/q;+1/p-1/t13-,14+,17-;/m1./s1. The van der Waals surface area contributed by atoms with Crippen molar-refractivity contribution in [3.8, 4) is 11.3 Å². The van der Waals surface area contributed by atoms with Crippen molar-refractivity contribution in [2.24, 2.45) is 0 Å². The molecular weight excluding hydrogens is 473 g/mol. The Bertz CT molecular complexity index is 1040. The molecule has 1 N–H and O–H groups in total. The minimum Gasteiger partial charge on any atom is -0.740 e. The van der Waals surface area contributed by atoms with Crippen LogP contribution in [0.15, 0.2) is 28.8 Å². The first-order chi connectivity index (χ1) is 13.6. The van der Waals surface area contributed by atoms with Crippen LogP contribution in [0, 0.1) is 6.92 Å². The largest absolute Gasteiger partial charge is 1.00 e. The number of rotatable bonds is 4. The number of hydrogen-bond acceptors (Lipinski definition) is 7. The van der Waals surface area contributed by atoms with Crippen molar-refractivity contribution in [3.63, 3.8) is 0 Å². The van der Waals surface area contributed by atoms with Gasteiger partial charge in [-0.25, -0.2) is 0 Å². The maximum atomic E-state index is 13.0. The van der Waals surface area contributed by atoms with Crippen LogP contribution in [-0.4, -0.2) is 49.2 Å². The predicted octanol–water partition coefficient (Wildman–Crippen LogP) is -0.458. The summed E-state index contributed by atoms with van der Waals surface area (Å²) in [5, 5.41) is 6.36. The fraction of sp³-hybridized carbons (Fsp3) is 0.368. The molecule has 2 aliphatic rings. The third-order valence-electron chi connectivity index (χ3n) is 5.17. The van der Waals surface area contributed by atoms with Crippen LogP contribution in [0.1, 0.15) is 30.0 Å². The number of thioether (sulfide) groups is 1. The number of halogens is 1. The second-order valence-electron chi connectivity index (χ2n) is 7.47. The monoisotopic (exact) mass is 489 g/mol. The number of β-lactam (4-membered cyclic amide) rings is 1. The van der Waals surface area contributed by atoms with Crippen molar-refractivity contribution < 1.29 is 70.3 Å². The second-order valence-corrected chi connectivity index (χ2v) is 10.1. The Kier molecular flexibility index (Phi) is 7.11. The van der Waals surface area contributed by atoms with Gasteiger partial charge in [-0.3, -0.25) is 9.59 Å². The third-order valence-corrected chi connectivity index (χ3v) is 7.29. The summed E-state index contributed by atoms with van der Waals surface area (Å²) in [6.07, 6.45) is 0. The predicted molar refractivity (Wildman–Crippen MR) is 111 cm³/mol. The Labute approximate surface area is 230 Å². The normalized spacial score (nSPS) is 23.9. The van der Waals surface area contributed by atoms with E-state index in [0.717, 1.165) is 0 Å². The van der Waals surface area contributed by atoms with E-state index in [-0.39, 0.29) is 68.2 Å². The van der Waals surface area contributed by atoms with E-state index in [9.17, 15) is 14.4 Å². The Morgan fingerprint density at radius 2 is 2.00 bits per heavy atom. The molecule has 0 bridgehead atoms. The van der Waals surface area contributed by atoms with Gasteiger partial charge in [-0.2, -0.15) is 0 Å². The number of hydrogen-bond donors (Lipinski definition) is 1. The second kappa shape index (κ2) is 8.82. The summed E-state index contributed by atoms with van der Waals surface area (Å²) in [7, 11) is 0. The fourth-order valence-electron chi connectivity index (χ4n) is 3.82. The first-order valence-corrected chi connectivity index (χ1v) is 10.5. The van der Waals surface area contributed by atoms with Crippen LogP contribution in [0.25, 0.3) is 11.3 Å². The number of fused-ring (bicyclic) bond motifs is 1. The molecule has 7 nitrogen and oxygen atoms in total. The van der Waals surface area contributed by atoms with E-state index in [0.29, 0.717) is 22.0 Å². The zero-order valence-corrected chi connectivity index (χ0v) is 22.3. The summed E-state index contributed by atoms with van der Waals surface area (Å²) in [5.41, 5.74) is 1.10. The van der Waals surface area contributed by atoms with Gasteiger partial charge in [-0.15, -0.1) is 11.8 Å². The molecule has 30 heavy (non-hydrogen) atoms. The van der Waals surface area contributed by atoms with E-state index in [1.54, 1.807) is 31.2 Å². The van der Waals surface area contributed by atoms with Crippen molar-refractivity contribution in [1.29, 1.82) is 0 Å². The average Bonchev–Trinajstić information content (AvgIpc) is 3.15. The number of carbonyl (C=O) groups excluding carboxylic acids is 3. The number of nitrogens with zero attached hydrogens (tertiary/aromatic N) is 2. The molecule has 2 aliphatic heterocycles. The smallest absolute Gasteiger partial charge is 0.740 e. The van der Waals surface area contributed by atoms with Crippen LogP contribution < -0.4 is 56.7 Å². The van der Waals surface area contributed by atoms with Crippen LogP contribution in [-0.2, 0) is 22.2 Å². The molecule has 3 heterocycles. The van der Waals surface area contributed by atoms with Crippen LogP contribution >= 0.6 is 23.4 Å². The van der Waals surface area contributed by atoms with E-state index < -0.39 is 27.9 Å². The number of aryl methyl sites for hydroxylation is 1. The molecular formula is C19H17ClKN3O4S2. The topological polar surface area (TPSA) is 92.5 Å². The Morgan fingerprint density at radius 3 is 2.63 bits per heavy atom. The van der Waals surface area contributed by atoms with Gasteiger partial charge in [0.1, 0.15) is 28.4 Å². The van der Waals surface area contributed by atoms with E-state index >= 15 is 0 Å². The molecule has 4 rings (SSSR count). The van der Waals surface area contributed by atoms with Crippen molar-refractivity contribution in [2.45, 2.75) is 43.0 Å². The third kappa shape index (κ3) is 3.90. The zero-order valence-electron chi connectivity index (χ0n) is 16.8. The molecule has 3 atom stereocenters. The summed E-state index contributed by atoms with van der Waals surface area (Å²) >= 11 is 12.5. The quantitative estimate of drug-likeness (QED) is 0.353. The first kappa shape index (κ1) is 24.2. The molecule has 0 unspecified atom stereocenters. The molecule has 0 spiro atoms. The van der Waals surface area contributed by atoms with Crippen molar-refractivity contribution in [1.82, 2.24) is 15.4 Å². The molecule has 2 fully saturated rings. The van der Waals surface area contributed by atoms with E-state index in [1.165, 1.54) is 16.7 Å². The maximum absolute atomic E-state index is 13.0. The molecule has 2 aromatic rings. The van der Waals surface area contributed by atoms with Gasteiger partial charge in [0.05, 0.1) is 11.1 Å². The zero-order chi connectivity index (χ0) is 21.1. The molecule has 1 aromatic heterocycles. The number of benzene rings is 1. The SMILES string of the molecule is Cc1onc(-c2ccccc2Cl)c1C(=O)N[C@@H]1C(=O)N2[C@@H]1SC(C)(C)[C@@H]2C(=O)[S-].[K+]. The number of nitrogens with one attached hydrogen (secondary N) is 1. The Hall–Kier alpha value is -0.464. The van der Waals surface area contributed by atoms with Crippen molar-refractivity contribution >= 4 is 52.9 Å². The molecule has 0 aliphatic carbocycles. The molecule has 1 aromatic carbocycles. The van der Waals surface area contributed by atoms with Gasteiger partial charge in [-0.05, 0) is 26.8 Å². The molecule has 2 amide bonds. The fourth-order valence-corrected chi connectivity index (χ4v) is 6.16. The number of amides is 2. The summed E-state index contributed by atoms with van der Waals surface area (Å²) in [4.78, 5) is 39.1. The average molecular weight is 490 g/mol. The van der Waals surface area contributed by atoms with Crippen LogP contribution in [0.4, 0.5) is 0 Å². The van der Waals surface area contributed by atoms with Crippen molar-refractivity contribution in [2.75, 3.05) is 0 Å². The van der Waals surface area contributed by atoms with Gasteiger partial charge in [0.25, 0.3) is 5.91 Å². The molecule has 2 saturated heterocycles. The van der Waals surface area contributed by atoms with Gasteiger partial charge < -0.3 is 32.2 Å². The van der Waals surface area contributed by atoms with Gasteiger partial charge in [-0.1, -0.05) is 35.0 Å². The van der Waals surface area contributed by atoms with Gasteiger partial charge in [0.15, 0.2) is 0 Å². The minimum atomic E-state index is -0.750. The van der Waals surface area contributed by atoms with E-state index in [2.05, 4.69) is 10.5 Å². The Balaban J connectivity index is 0.00000256. The molecule has 0 saturated carbocycles. The molecule has 0 radical (unpaired) electrons. The first-order valence-electron chi connectivity index (χ1n) is 8.86. The van der Waals surface area contributed by atoms with Crippen molar-refractivity contribution in [3.05, 3.63) is 40.6 Å². The minimum absolute atomic E-state index is 0. The number of carbonyl (C=O) groups is 3.